The third-order valence-corrected chi connectivity index (χ3v) is 2.03. The van der Waals surface area contributed by atoms with Crippen LogP contribution in [0.25, 0.3) is 5.70 Å². The topological polar surface area (TPSA) is 15.3 Å². The van der Waals surface area contributed by atoms with Gasteiger partial charge < -0.3 is 10.2 Å². The van der Waals surface area contributed by atoms with Crippen molar-refractivity contribution in [2.24, 2.45) is 0 Å². The predicted molar refractivity (Wildman–Crippen MR) is 70.2 cm³/mol. The van der Waals surface area contributed by atoms with Gasteiger partial charge in [-0.3, -0.25) is 0 Å². The number of benzene rings is 1. The monoisotopic (exact) mass is 206 g/mol. The van der Waals surface area contributed by atoms with E-state index in [9.17, 15) is 0 Å². The molecule has 0 heterocycles. The number of hydrogen-bond donors (Lipinski definition) is 1. The van der Waals surface area contributed by atoms with E-state index in [2.05, 4.69) is 41.1 Å². The van der Waals surface area contributed by atoms with Crippen LogP contribution in [0.4, 0.5) is 5.69 Å². The molecule has 2 nitrogen and oxygen atoms in total. The number of hydrogen-bond acceptors (Lipinski definition) is 2. The van der Waals surface area contributed by atoms with Crippen LogP contribution in [-0.4, -0.2) is 21.1 Å². The van der Waals surface area contributed by atoms with Gasteiger partial charge in [0.2, 0.25) is 0 Å². The average Bonchev–Trinajstić information content (AvgIpc) is 2.31. The van der Waals surface area contributed by atoms with Crippen molar-refractivity contribution in [2.45, 2.75) is 13.8 Å². The minimum Gasteiger partial charge on any atom is -0.388 e. The Hall–Kier alpha value is -1.44. The molecule has 0 aromatic heterocycles. The fourth-order valence-corrected chi connectivity index (χ4v) is 1.11. The van der Waals surface area contributed by atoms with Gasteiger partial charge in [-0.2, -0.15) is 0 Å². The fourth-order valence-electron chi connectivity index (χ4n) is 1.11. The molecule has 1 aromatic carbocycles. The highest BCUT2D eigenvalue weighted by Crippen LogP contribution is 2.15. The van der Waals surface area contributed by atoms with Crippen LogP contribution in [0.2, 0.25) is 0 Å². The molecule has 0 unspecified atom stereocenters. The van der Waals surface area contributed by atoms with Crippen LogP contribution in [0.15, 0.2) is 30.8 Å². The summed E-state index contributed by atoms with van der Waals surface area (Å²) in [4.78, 5) is 2.08. The molecule has 1 N–H and O–H groups in total. The molecule has 84 valence electrons. The van der Waals surface area contributed by atoms with E-state index in [4.69, 9.17) is 0 Å². The van der Waals surface area contributed by atoms with Gasteiger partial charge in [0.25, 0.3) is 0 Å². The molecule has 0 saturated carbocycles. The Morgan fingerprint density at radius 2 is 1.60 bits per heavy atom. The molecule has 0 aliphatic heterocycles. The van der Waals surface area contributed by atoms with Crippen LogP contribution in [-0.2, 0) is 0 Å². The highest BCUT2D eigenvalue weighted by Gasteiger charge is 1.97. The normalized spacial score (nSPS) is 8.60. The molecule has 0 atom stereocenters. The number of nitrogens with one attached hydrogen (secondary N) is 1. The second-order valence-corrected chi connectivity index (χ2v) is 3.17. The fraction of sp³-hybridized carbons (Fsp3) is 0.385. The van der Waals surface area contributed by atoms with Gasteiger partial charge in [-0.1, -0.05) is 32.6 Å². The molecule has 0 bridgehead atoms. The first-order valence-corrected chi connectivity index (χ1v) is 5.29. The van der Waals surface area contributed by atoms with Gasteiger partial charge in [0.05, 0.1) is 0 Å². The van der Waals surface area contributed by atoms with Crippen LogP contribution in [0.3, 0.4) is 0 Å². The van der Waals surface area contributed by atoms with Crippen molar-refractivity contribution in [1.29, 1.82) is 0 Å². The van der Waals surface area contributed by atoms with Gasteiger partial charge in [0.15, 0.2) is 0 Å². The van der Waals surface area contributed by atoms with Gasteiger partial charge in [0.1, 0.15) is 0 Å². The summed E-state index contributed by atoms with van der Waals surface area (Å²) < 4.78 is 0. The lowest BCUT2D eigenvalue weighted by molar-refractivity contribution is 1.12. The molecule has 2 heteroatoms. The van der Waals surface area contributed by atoms with E-state index in [1.807, 2.05) is 35.0 Å². The second kappa shape index (κ2) is 6.93. The molecule has 0 fully saturated rings. The van der Waals surface area contributed by atoms with Crippen LogP contribution in [0.1, 0.15) is 19.4 Å². The van der Waals surface area contributed by atoms with Crippen molar-refractivity contribution < 1.29 is 0 Å². The summed E-state index contributed by atoms with van der Waals surface area (Å²) >= 11 is 0. The zero-order chi connectivity index (χ0) is 11.8. The first kappa shape index (κ1) is 13.6. The maximum atomic E-state index is 3.89. The number of rotatable bonds is 3. The van der Waals surface area contributed by atoms with E-state index in [1.54, 1.807) is 0 Å². The van der Waals surface area contributed by atoms with E-state index in [1.165, 1.54) is 5.69 Å². The first-order valence-electron chi connectivity index (χ1n) is 5.29. The Labute approximate surface area is 93.6 Å². The van der Waals surface area contributed by atoms with E-state index < -0.39 is 0 Å². The smallest absolute Gasteiger partial charge is 0.0361 e. The van der Waals surface area contributed by atoms with Crippen molar-refractivity contribution in [3.05, 3.63) is 36.4 Å². The maximum absolute atomic E-state index is 3.89. The van der Waals surface area contributed by atoms with Gasteiger partial charge in [-0.05, 0) is 17.7 Å². The van der Waals surface area contributed by atoms with Crippen molar-refractivity contribution in [3.63, 3.8) is 0 Å². The molecule has 0 radical (unpaired) electrons. The number of anilines is 1. The molecule has 0 spiro atoms. The van der Waals surface area contributed by atoms with Crippen LogP contribution in [0.5, 0.6) is 0 Å². The molecular formula is C13H22N2. The minimum atomic E-state index is 0.949. The van der Waals surface area contributed by atoms with Crippen LogP contribution in [0, 0.1) is 0 Å². The summed E-state index contributed by atoms with van der Waals surface area (Å²) in [5.74, 6) is 0. The molecular weight excluding hydrogens is 184 g/mol. The lowest BCUT2D eigenvalue weighted by Gasteiger charge is -2.13. The average molecular weight is 206 g/mol. The second-order valence-electron chi connectivity index (χ2n) is 3.17. The van der Waals surface area contributed by atoms with Crippen LogP contribution >= 0.6 is 0 Å². The third-order valence-electron chi connectivity index (χ3n) is 2.03. The summed E-state index contributed by atoms with van der Waals surface area (Å²) in [5, 5.41) is 3.02. The van der Waals surface area contributed by atoms with Gasteiger partial charge >= 0.3 is 0 Å². The maximum Gasteiger partial charge on any atom is 0.0361 e. The largest absolute Gasteiger partial charge is 0.388 e. The Kier molecular flexibility index (Phi) is 6.27. The van der Waals surface area contributed by atoms with E-state index >= 15 is 0 Å². The molecule has 1 aromatic rings. The quantitative estimate of drug-likeness (QED) is 0.818. The SMILES string of the molecule is C=C(NC)c1ccc(N(C)C)cc1.CC. The molecule has 15 heavy (non-hydrogen) atoms. The first-order chi connectivity index (χ1) is 7.15. The van der Waals surface area contributed by atoms with Crippen molar-refractivity contribution >= 4 is 11.4 Å². The molecule has 0 amide bonds. The van der Waals surface area contributed by atoms with E-state index in [0.717, 1.165) is 11.3 Å². The summed E-state index contributed by atoms with van der Waals surface area (Å²) in [6.07, 6.45) is 0. The van der Waals surface area contributed by atoms with E-state index in [0.29, 0.717) is 0 Å². The zero-order valence-electron chi connectivity index (χ0n) is 10.5. The van der Waals surface area contributed by atoms with Crippen molar-refractivity contribution in [3.8, 4) is 0 Å². The van der Waals surface area contributed by atoms with Crippen molar-refractivity contribution in [2.75, 3.05) is 26.0 Å². The number of nitrogens with zero attached hydrogens (tertiary/aromatic N) is 1. The van der Waals surface area contributed by atoms with Crippen LogP contribution < -0.4 is 10.2 Å². The lowest BCUT2D eigenvalue weighted by atomic mass is 10.1. The summed E-state index contributed by atoms with van der Waals surface area (Å²) in [7, 11) is 5.94. The predicted octanol–water partition coefficient (Wildman–Crippen LogP) is 2.97. The van der Waals surface area contributed by atoms with Crippen molar-refractivity contribution in [1.82, 2.24) is 5.32 Å². The van der Waals surface area contributed by atoms with E-state index in [-0.39, 0.29) is 0 Å². The Morgan fingerprint density at radius 3 is 1.93 bits per heavy atom. The van der Waals surface area contributed by atoms with Gasteiger partial charge in [-0.25, -0.2) is 0 Å². The van der Waals surface area contributed by atoms with Gasteiger partial charge in [0, 0.05) is 32.5 Å². The zero-order valence-corrected chi connectivity index (χ0v) is 10.5. The Morgan fingerprint density at radius 1 is 1.13 bits per heavy atom. The lowest BCUT2D eigenvalue weighted by Crippen LogP contribution is -2.08. The third kappa shape index (κ3) is 4.07. The highest BCUT2D eigenvalue weighted by atomic mass is 15.1. The molecule has 1 rings (SSSR count). The summed E-state index contributed by atoms with van der Waals surface area (Å²) in [6.45, 7) is 7.89. The Bertz CT molecular complexity index is 286. The van der Waals surface area contributed by atoms with Gasteiger partial charge in [-0.15, -0.1) is 0 Å². The molecule has 0 aliphatic carbocycles. The molecule has 0 aliphatic rings. The minimum absolute atomic E-state index is 0.949. The molecule has 0 saturated heterocycles. The summed E-state index contributed by atoms with van der Waals surface area (Å²) in [5.41, 5.74) is 3.28. The standard InChI is InChI=1S/C11H16N2.C2H6/c1-9(12-2)10-5-7-11(8-6-10)13(3)4;1-2/h5-8,12H,1H2,2-4H3;1-2H3. The highest BCUT2D eigenvalue weighted by molar-refractivity contribution is 5.63. The summed E-state index contributed by atoms with van der Waals surface area (Å²) in [6, 6.07) is 8.29. The Balaban J connectivity index is 0.000000921.